The van der Waals surface area contributed by atoms with Crippen LogP contribution in [0.15, 0.2) is 67.3 Å². The van der Waals surface area contributed by atoms with Crippen LogP contribution in [0.5, 0.6) is 0 Å². The van der Waals surface area contributed by atoms with E-state index in [9.17, 15) is 9.18 Å². The number of aromatic nitrogens is 6. The van der Waals surface area contributed by atoms with E-state index in [0.717, 1.165) is 0 Å². The second-order valence-corrected chi connectivity index (χ2v) is 6.86. The van der Waals surface area contributed by atoms with Crippen molar-refractivity contribution in [1.29, 1.82) is 0 Å². The first-order valence-corrected chi connectivity index (χ1v) is 9.63. The molecule has 0 aliphatic rings. The fourth-order valence-corrected chi connectivity index (χ4v) is 2.89. The predicted octanol–water partition coefficient (Wildman–Crippen LogP) is 1.60. The van der Waals surface area contributed by atoms with Gasteiger partial charge in [0.1, 0.15) is 12.5 Å². The largest absolute Gasteiger partial charge is 0.315 e. The fraction of sp³-hybridized carbons (Fsp3) is 0.105. The van der Waals surface area contributed by atoms with Crippen LogP contribution in [0.3, 0.4) is 0 Å². The van der Waals surface area contributed by atoms with Gasteiger partial charge in [0, 0.05) is 36.4 Å². The van der Waals surface area contributed by atoms with Crippen molar-refractivity contribution in [3.05, 3.63) is 84.3 Å². The van der Waals surface area contributed by atoms with Gasteiger partial charge in [-0.15, -0.1) is 0 Å². The molecule has 1 amide bonds. The molecular weight excluding hydrogens is 421 g/mol. The molecule has 3 aromatic heterocycles. The summed E-state index contributed by atoms with van der Waals surface area (Å²) in [4.78, 5) is 12.2. The summed E-state index contributed by atoms with van der Waals surface area (Å²) < 4.78 is 18.6. The summed E-state index contributed by atoms with van der Waals surface area (Å²) in [6.45, 7) is 0.676. The molecule has 4 aromatic rings. The van der Waals surface area contributed by atoms with Crippen LogP contribution in [-0.2, 0) is 13.2 Å². The van der Waals surface area contributed by atoms with Gasteiger partial charge in [-0.25, -0.2) is 4.39 Å². The summed E-state index contributed by atoms with van der Waals surface area (Å²) in [5.74, 6) is -0.292. The number of hydrazine groups is 1. The van der Waals surface area contributed by atoms with Gasteiger partial charge in [0.05, 0.1) is 6.54 Å². The van der Waals surface area contributed by atoms with E-state index in [2.05, 4.69) is 31.5 Å². The number of amides is 1. The molecule has 0 spiro atoms. The number of hydrogen-bond acceptors (Lipinski definition) is 5. The Bertz CT molecular complexity index is 1180. The third kappa shape index (κ3) is 5.30. The molecule has 12 heteroatoms. The molecular formula is C19H18FN9OS. The number of benzene rings is 1. The zero-order chi connectivity index (χ0) is 21.6. The Morgan fingerprint density at radius 1 is 0.968 bits per heavy atom. The number of hydrogen-bond donors (Lipinski definition) is 3. The molecule has 1 aromatic carbocycles. The highest BCUT2D eigenvalue weighted by Gasteiger charge is 2.11. The summed E-state index contributed by atoms with van der Waals surface area (Å²) in [5, 5.41) is 15.5. The molecule has 4 rings (SSSR count). The molecule has 0 saturated carbocycles. The Balaban J connectivity index is 1.26. The van der Waals surface area contributed by atoms with Gasteiger partial charge in [-0.2, -0.15) is 15.3 Å². The Morgan fingerprint density at radius 3 is 2.61 bits per heavy atom. The van der Waals surface area contributed by atoms with Crippen molar-refractivity contribution in [2.45, 2.75) is 13.2 Å². The number of thiocarbonyl (C=S) groups is 1. The highest BCUT2D eigenvalue weighted by molar-refractivity contribution is 7.80. The van der Waals surface area contributed by atoms with Crippen molar-refractivity contribution in [3.63, 3.8) is 0 Å². The maximum absolute atomic E-state index is 13.8. The second kappa shape index (κ2) is 9.17. The van der Waals surface area contributed by atoms with Crippen LogP contribution in [0.2, 0.25) is 0 Å². The molecule has 0 unspecified atom stereocenters. The molecule has 0 bridgehead atoms. The van der Waals surface area contributed by atoms with Crippen molar-refractivity contribution in [2.75, 3.05) is 5.32 Å². The Morgan fingerprint density at radius 2 is 1.81 bits per heavy atom. The minimum Gasteiger partial charge on any atom is -0.315 e. The summed E-state index contributed by atoms with van der Waals surface area (Å²) in [7, 11) is 0. The molecule has 0 fully saturated rings. The first-order valence-electron chi connectivity index (χ1n) is 9.22. The highest BCUT2D eigenvalue weighted by Crippen LogP contribution is 2.10. The van der Waals surface area contributed by atoms with Gasteiger partial charge < -0.3 is 5.32 Å². The Labute approximate surface area is 181 Å². The maximum atomic E-state index is 13.8. The van der Waals surface area contributed by atoms with Gasteiger partial charge in [0.15, 0.2) is 16.6 Å². The second-order valence-electron chi connectivity index (χ2n) is 6.45. The number of nitrogens with zero attached hydrogens (tertiary/aromatic N) is 6. The summed E-state index contributed by atoms with van der Waals surface area (Å²) >= 11 is 5.16. The Hall–Kier alpha value is -4.06. The van der Waals surface area contributed by atoms with Gasteiger partial charge >= 0.3 is 0 Å². The summed E-state index contributed by atoms with van der Waals surface area (Å²) in [6.07, 6.45) is 6.83. The third-order valence-corrected chi connectivity index (χ3v) is 4.39. The van der Waals surface area contributed by atoms with E-state index >= 15 is 0 Å². The van der Waals surface area contributed by atoms with Crippen molar-refractivity contribution >= 4 is 29.1 Å². The topological polar surface area (TPSA) is 107 Å². The average Bonchev–Trinajstić information content (AvgIpc) is 3.51. The molecule has 31 heavy (non-hydrogen) atoms. The number of rotatable bonds is 6. The zero-order valence-electron chi connectivity index (χ0n) is 16.1. The van der Waals surface area contributed by atoms with E-state index in [-0.39, 0.29) is 23.2 Å². The van der Waals surface area contributed by atoms with E-state index in [1.807, 2.05) is 0 Å². The van der Waals surface area contributed by atoms with Crippen LogP contribution >= 0.6 is 12.2 Å². The van der Waals surface area contributed by atoms with E-state index in [0.29, 0.717) is 18.1 Å². The zero-order valence-corrected chi connectivity index (χ0v) is 17.0. The minimum absolute atomic E-state index is 0.139. The monoisotopic (exact) mass is 439 g/mol. The quantitative estimate of drug-likeness (QED) is 0.309. The number of anilines is 1. The van der Waals surface area contributed by atoms with E-state index in [1.54, 1.807) is 75.2 Å². The summed E-state index contributed by atoms with van der Waals surface area (Å²) in [6, 6.07) is 11.6. The maximum Gasteiger partial charge on any atom is 0.290 e. The lowest BCUT2D eigenvalue weighted by Gasteiger charge is -2.09. The molecule has 0 aliphatic carbocycles. The van der Waals surface area contributed by atoms with E-state index in [4.69, 9.17) is 12.2 Å². The van der Waals surface area contributed by atoms with Crippen LogP contribution in [-0.4, -0.2) is 40.4 Å². The van der Waals surface area contributed by atoms with E-state index in [1.165, 1.54) is 6.07 Å². The summed E-state index contributed by atoms with van der Waals surface area (Å²) in [5.41, 5.74) is 5.81. The van der Waals surface area contributed by atoms with Crippen LogP contribution in [0.25, 0.3) is 0 Å². The Kier molecular flexibility index (Phi) is 5.98. The number of halogens is 1. The highest BCUT2D eigenvalue weighted by atomic mass is 32.1. The van der Waals surface area contributed by atoms with Crippen LogP contribution in [0.4, 0.5) is 10.2 Å². The average molecular weight is 439 g/mol. The van der Waals surface area contributed by atoms with Crippen LogP contribution < -0.4 is 16.2 Å². The first kappa shape index (κ1) is 20.2. The van der Waals surface area contributed by atoms with Crippen LogP contribution in [0.1, 0.15) is 16.1 Å². The number of nitrogens with one attached hydrogen (secondary N) is 3. The van der Waals surface area contributed by atoms with Gasteiger partial charge in [-0.3, -0.25) is 29.7 Å². The third-order valence-electron chi connectivity index (χ3n) is 4.18. The van der Waals surface area contributed by atoms with Crippen molar-refractivity contribution in [3.8, 4) is 0 Å². The van der Waals surface area contributed by atoms with Gasteiger partial charge in [-0.05, 0) is 30.4 Å². The molecule has 3 heterocycles. The number of carbonyl (C=O) groups is 1. The van der Waals surface area contributed by atoms with Crippen molar-refractivity contribution in [2.24, 2.45) is 0 Å². The fourth-order valence-electron chi connectivity index (χ4n) is 2.74. The van der Waals surface area contributed by atoms with Gasteiger partial charge in [-0.1, -0.05) is 18.2 Å². The van der Waals surface area contributed by atoms with Crippen molar-refractivity contribution < 1.29 is 9.18 Å². The van der Waals surface area contributed by atoms with Gasteiger partial charge in [0.2, 0.25) is 0 Å². The molecule has 0 atom stereocenters. The standard InChI is InChI=1S/C19H18FN9OS/c20-15-5-2-1-4-14(15)12-27-11-7-17(26-27)22-19(31)24-23-18(30)16-6-10-29(25-16)13-28-9-3-8-21-28/h1-11H,12-13H2,(H,23,30)(H2,22,24,26,31). The lowest BCUT2D eigenvalue weighted by molar-refractivity contribution is 0.0938. The normalized spacial score (nSPS) is 10.6. The smallest absolute Gasteiger partial charge is 0.290 e. The molecule has 0 radical (unpaired) electrons. The van der Waals surface area contributed by atoms with Crippen LogP contribution in [0, 0.1) is 5.82 Å². The lowest BCUT2D eigenvalue weighted by Crippen LogP contribution is -2.44. The first-order chi connectivity index (χ1) is 15.1. The van der Waals surface area contributed by atoms with Crippen molar-refractivity contribution in [1.82, 2.24) is 40.2 Å². The number of carbonyl (C=O) groups excluding carboxylic acids is 1. The molecule has 158 valence electrons. The lowest BCUT2D eigenvalue weighted by atomic mass is 10.2. The van der Waals surface area contributed by atoms with E-state index < -0.39 is 5.91 Å². The molecule has 0 aliphatic heterocycles. The SMILES string of the molecule is O=C(NNC(=S)Nc1ccn(Cc2ccccc2F)n1)c1ccn(Cn2cccn2)n1. The predicted molar refractivity (Wildman–Crippen MR) is 114 cm³/mol. The molecule has 3 N–H and O–H groups in total. The molecule has 0 saturated heterocycles. The van der Waals surface area contributed by atoms with Gasteiger partial charge in [0.25, 0.3) is 5.91 Å². The molecule has 10 nitrogen and oxygen atoms in total. The minimum atomic E-state index is -0.451.